The van der Waals surface area contributed by atoms with Gasteiger partial charge in [0, 0.05) is 6.08 Å². The monoisotopic (exact) mass is 185 g/mol. The van der Waals surface area contributed by atoms with Gasteiger partial charge in [-0.25, -0.2) is 0 Å². The first-order valence-corrected chi connectivity index (χ1v) is 4.80. The van der Waals surface area contributed by atoms with Crippen LogP contribution in [-0.2, 0) is 0 Å². The molecule has 1 fully saturated rings. The van der Waals surface area contributed by atoms with Crippen molar-refractivity contribution in [3.63, 3.8) is 0 Å². The minimum Gasteiger partial charge on any atom is -0.173 e. The van der Waals surface area contributed by atoms with Crippen molar-refractivity contribution < 1.29 is 8.78 Å². The molecule has 1 radical (unpaired) electrons. The third-order valence-corrected chi connectivity index (χ3v) is 2.12. The average molecular weight is 185 g/mol. The van der Waals surface area contributed by atoms with E-state index in [0.29, 0.717) is 0 Å². The molecule has 0 amide bonds. The molecular formula is C11H15F2. The number of rotatable bonds is 6. The maximum atomic E-state index is 11.5. The van der Waals surface area contributed by atoms with Gasteiger partial charge in [-0.3, -0.25) is 0 Å². The van der Waals surface area contributed by atoms with Crippen molar-refractivity contribution >= 4 is 0 Å². The molecule has 1 unspecified atom stereocenters. The second-order valence-electron chi connectivity index (χ2n) is 3.40. The van der Waals surface area contributed by atoms with Gasteiger partial charge < -0.3 is 0 Å². The largest absolute Gasteiger partial charge is 0.270 e. The topological polar surface area (TPSA) is 0 Å². The molecule has 73 valence electrons. The first kappa shape index (κ1) is 10.4. The van der Waals surface area contributed by atoms with E-state index in [2.05, 4.69) is 6.42 Å². The van der Waals surface area contributed by atoms with Gasteiger partial charge in [-0.15, -0.1) is 0 Å². The molecule has 0 aliphatic heterocycles. The zero-order valence-electron chi connectivity index (χ0n) is 7.68. The Morgan fingerprint density at radius 1 is 1.38 bits per heavy atom. The molecule has 0 heterocycles. The van der Waals surface area contributed by atoms with Crippen LogP contribution in [0.5, 0.6) is 0 Å². The van der Waals surface area contributed by atoms with Crippen molar-refractivity contribution in [2.45, 2.75) is 32.1 Å². The van der Waals surface area contributed by atoms with Crippen LogP contribution in [0.3, 0.4) is 0 Å². The van der Waals surface area contributed by atoms with Crippen molar-refractivity contribution in [2.24, 2.45) is 5.92 Å². The summed E-state index contributed by atoms with van der Waals surface area (Å²) in [6.07, 6.45) is 10.6. The smallest absolute Gasteiger partial charge is 0.173 e. The highest BCUT2D eigenvalue weighted by molar-refractivity contribution is 5.02. The summed E-state index contributed by atoms with van der Waals surface area (Å²) < 4.78 is 23.1. The van der Waals surface area contributed by atoms with Crippen molar-refractivity contribution in [3.8, 4) is 0 Å². The molecule has 1 atom stereocenters. The van der Waals surface area contributed by atoms with E-state index < -0.39 is 6.08 Å². The van der Waals surface area contributed by atoms with Gasteiger partial charge in [-0.2, -0.15) is 8.78 Å². The van der Waals surface area contributed by atoms with E-state index in [1.165, 1.54) is 25.3 Å². The number of unbranched alkanes of at least 4 members (excludes halogenated alkanes) is 2. The van der Waals surface area contributed by atoms with Gasteiger partial charge in [0.25, 0.3) is 6.08 Å². The van der Waals surface area contributed by atoms with Crippen molar-refractivity contribution in [1.82, 2.24) is 0 Å². The molecule has 1 aliphatic carbocycles. The number of allylic oxidation sites excluding steroid dienone is 3. The predicted octanol–water partition coefficient (Wildman–Crippen LogP) is 4.11. The summed E-state index contributed by atoms with van der Waals surface area (Å²) in [5, 5.41) is 0. The van der Waals surface area contributed by atoms with Crippen LogP contribution in [0.25, 0.3) is 0 Å². The Labute approximate surface area is 78.3 Å². The fraction of sp³-hybridized carbons (Fsp3) is 0.545. The van der Waals surface area contributed by atoms with Crippen LogP contribution in [0.2, 0.25) is 0 Å². The molecule has 1 rings (SSSR count). The third kappa shape index (κ3) is 6.50. The molecule has 0 N–H and O–H groups in total. The fourth-order valence-electron chi connectivity index (χ4n) is 1.24. The Morgan fingerprint density at radius 3 is 2.77 bits per heavy atom. The quantitative estimate of drug-likeness (QED) is 0.431. The molecular weight excluding hydrogens is 170 g/mol. The second kappa shape index (κ2) is 5.90. The summed E-state index contributed by atoms with van der Waals surface area (Å²) in [5.74, 6) is 0.868. The highest BCUT2D eigenvalue weighted by atomic mass is 19.3. The van der Waals surface area contributed by atoms with Crippen LogP contribution in [0, 0.1) is 12.3 Å². The Bertz CT molecular complexity index is 186. The molecule has 0 aromatic rings. The van der Waals surface area contributed by atoms with E-state index in [-0.39, 0.29) is 0 Å². The van der Waals surface area contributed by atoms with E-state index in [1.807, 2.05) is 0 Å². The number of hydrogen-bond donors (Lipinski definition) is 0. The van der Waals surface area contributed by atoms with Crippen LogP contribution < -0.4 is 0 Å². The summed E-state index contributed by atoms with van der Waals surface area (Å²) in [6.45, 7) is 0. The minimum atomic E-state index is -1.62. The lowest BCUT2D eigenvalue weighted by atomic mass is 10.1. The van der Waals surface area contributed by atoms with E-state index in [0.717, 1.165) is 24.8 Å². The summed E-state index contributed by atoms with van der Waals surface area (Å²) in [5.41, 5.74) is 0. The normalized spacial score (nSPS) is 16.5. The van der Waals surface area contributed by atoms with Gasteiger partial charge in [0.05, 0.1) is 0 Å². The zero-order valence-corrected chi connectivity index (χ0v) is 7.68. The molecule has 1 saturated carbocycles. The van der Waals surface area contributed by atoms with Gasteiger partial charge in [0.2, 0.25) is 0 Å². The Kier molecular flexibility index (Phi) is 4.73. The summed E-state index contributed by atoms with van der Waals surface area (Å²) in [4.78, 5) is 0. The molecule has 0 aromatic carbocycles. The maximum absolute atomic E-state index is 11.5. The van der Waals surface area contributed by atoms with Crippen molar-refractivity contribution in [2.75, 3.05) is 0 Å². The lowest BCUT2D eigenvalue weighted by Gasteiger charge is -1.94. The molecule has 13 heavy (non-hydrogen) atoms. The van der Waals surface area contributed by atoms with Crippen LogP contribution in [0.15, 0.2) is 24.3 Å². The molecule has 0 saturated heterocycles. The first-order chi connectivity index (χ1) is 6.29. The van der Waals surface area contributed by atoms with Crippen LogP contribution >= 0.6 is 0 Å². The number of halogens is 2. The van der Waals surface area contributed by atoms with Gasteiger partial charge >= 0.3 is 0 Å². The number of hydrogen-bond acceptors (Lipinski definition) is 0. The van der Waals surface area contributed by atoms with Gasteiger partial charge in [-0.1, -0.05) is 25.0 Å². The van der Waals surface area contributed by atoms with Gasteiger partial charge in [-0.05, 0) is 31.6 Å². The average Bonchev–Trinajstić information content (AvgIpc) is 2.86. The minimum absolute atomic E-state index is 0.842. The maximum Gasteiger partial charge on any atom is 0.270 e. The molecule has 2 heteroatoms. The lowest BCUT2D eigenvalue weighted by Crippen LogP contribution is -1.77. The Morgan fingerprint density at radius 2 is 2.15 bits per heavy atom. The van der Waals surface area contributed by atoms with Crippen LogP contribution in [0.4, 0.5) is 8.78 Å². The van der Waals surface area contributed by atoms with Crippen molar-refractivity contribution in [3.05, 3.63) is 30.7 Å². The van der Waals surface area contributed by atoms with Crippen molar-refractivity contribution in [1.29, 1.82) is 0 Å². The lowest BCUT2D eigenvalue weighted by molar-refractivity contribution is 0.422. The van der Waals surface area contributed by atoms with E-state index >= 15 is 0 Å². The van der Waals surface area contributed by atoms with Crippen LogP contribution in [0.1, 0.15) is 32.1 Å². The first-order valence-electron chi connectivity index (χ1n) is 4.80. The molecule has 0 bridgehead atoms. The van der Waals surface area contributed by atoms with E-state index in [9.17, 15) is 8.78 Å². The third-order valence-electron chi connectivity index (χ3n) is 2.12. The zero-order chi connectivity index (χ0) is 9.52. The van der Waals surface area contributed by atoms with Gasteiger partial charge in [0.15, 0.2) is 0 Å². The summed E-state index contributed by atoms with van der Waals surface area (Å²) >= 11 is 0. The van der Waals surface area contributed by atoms with E-state index in [1.54, 1.807) is 6.08 Å². The molecule has 0 aromatic heterocycles. The Hall–Kier alpha value is -0.660. The molecule has 0 nitrogen and oxygen atoms in total. The SMILES string of the molecule is FC(F)=CC=CCCCCC1[CH]C1. The Balaban J connectivity index is 1.87. The van der Waals surface area contributed by atoms with Gasteiger partial charge in [0.1, 0.15) is 0 Å². The molecule has 0 spiro atoms. The predicted molar refractivity (Wildman–Crippen MR) is 50.3 cm³/mol. The summed E-state index contributed by atoms with van der Waals surface area (Å²) in [7, 11) is 0. The fourth-order valence-corrected chi connectivity index (χ4v) is 1.24. The molecule has 1 aliphatic rings. The highest BCUT2D eigenvalue weighted by Gasteiger charge is 2.20. The van der Waals surface area contributed by atoms with Crippen LogP contribution in [-0.4, -0.2) is 0 Å². The highest BCUT2D eigenvalue weighted by Crippen LogP contribution is 2.32. The summed E-state index contributed by atoms with van der Waals surface area (Å²) in [6, 6.07) is 0. The standard InChI is InChI=1S/C11H15F2/c12-11(13)7-5-3-1-2-4-6-10-8-9-10/h3,5,7-8,10H,1-2,4,6,9H2. The van der Waals surface area contributed by atoms with E-state index in [4.69, 9.17) is 0 Å². The second-order valence-corrected chi connectivity index (χ2v) is 3.40.